The van der Waals surface area contributed by atoms with Gasteiger partial charge in [-0.1, -0.05) is 6.07 Å². The van der Waals surface area contributed by atoms with Crippen molar-refractivity contribution in [3.8, 4) is 0 Å². The quantitative estimate of drug-likeness (QED) is 0.852. The Morgan fingerprint density at radius 1 is 1.31 bits per heavy atom. The molecule has 6 nitrogen and oxygen atoms in total. The number of amides is 1. The molecule has 2 aliphatic heterocycles. The molecular formula is C19H28N2O4S. The summed E-state index contributed by atoms with van der Waals surface area (Å²) in [5.74, 6) is 0.748. The number of anilines is 1. The van der Waals surface area contributed by atoms with E-state index in [1.165, 1.54) is 6.92 Å². The van der Waals surface area contributed by atoms with Gasteiger partial charge in [-0.25, -0.2) is 8.42 Å². The zero-order valence-corrected chi connectivity index (χ0v) is 16.3. The lowest BCUT2D eigenvalue weighted by atomic mass is 9.89. The van der Waals surface area contributed by atoms with Crippen molar-refractivity contribution in [1.29, 1.82) is 0 Å². The van der Waals surface area contributed by atoms with E-state index in [0.29, 0.717) is 30.6 Å². The van der Waals surface area contributed by atoms with E-state index >= 15 is 0 Å². The van der Waals surface area contributed by atoms with Gasteiger partial charge in [0.2, 0.25) is 15.9 Å². The molecule has 2 saturated heterocycles. The lowest BCUT2D eigenvalue weighted by Crippen LogP contribution is -2.40. The smallest absolute Gasteiger partial charge is 0.243 e. The van der Waals surface area contributed by atoms with Crippen LogP contribution >= 0.6 is 0 Å². The van der Waals surface area contributed by atoms with Crippen LogP contribution in [0.1, 0.15) is 38.2 Å². The minimum absolute atomic E-state index is 0.209. The Bertz CT molecular complexity index is 757. The summed E-state index contributed by atoms with van der Waals surface area (Å²) >= 11 is 0. The van der Waals surface area contributed by atoms with Crippen molar-refractivity contribution in [1.82, 2.24) is 4.31 Å². The van der Waals surface area contributed by atoms with Gasteiger partial charge in [0.1, 0.15) is 0 Å². The molecule has 0 aliphatic carbocycles. The highest BCUT2D eigenvalue weighted by Crippen LogP contribution is 2.31. The summed E-state index contributed by atoms with van der Waals surface area (Å²) in [6.07, 6.45) is 4.09. The summed E-state index contributed by atoms with van der Waals surface area (Å²) in [6, 6.07) is 4.94. The highest BCUT2D eigenvalue weighted by molar-refractivity contribution is 7.89. The van der Waals surface area contributed by atoms with Crippen LogP contribution < -0.4 is 5.32 Å². The van der Waals surface area contributed by atoms with Gasteiger partial charge in [-0.15, -0.1) is 0 Å². The summed E-state index contributed by atoms with van der Waals surface area (Å²) < 4.78 is 33.3. The Hall–Kier alpha value is -1.44. The van der Waals surface area contributed by atoms with Gasteiger partial charge in [0.15, 0.2) is 0 Å². The normalized spacial score (nSPS) is 24.5. The molecule has 0 bridgehead atoms. The van der Waals surface area contributed by atoms with E-state index in [4.69, 9.17) is 4.74 Å². The van der Waals surface area contributed by atoms with Crippen LogP contribution in [-0.4, -0.2) is 44.9 Å². The van der Waals surface area contributed by atoms with E-state index in [2.05, 4.69) is 5.32 Å². The number of carbonyl (C=O) groups excluding carboxylic acids is 1. The zero-order chi connectivity index (χ0) is 18.7. The van der Waals surface area contributed by atoms with E-state index in [1.54, 1.807) is 22.5 Å². The van der Waals surface area contributed by atoms with Crippen LogP contribution in [0.3, 0.4) is 0 Å². The highest BCUT2D eigenvalue weighted by atomic mass is 32.2. The van der Waals surface area contributed by atoms with Crippen molar-refractivity contribution in [2.24, 2.45) is 11.8 Å². The standard InChI is InChI=1S/C19H28N2O4S/c1-14-5-6-18(11-19(14)20-15(2)22)26(23,24)21-8-3-4-16(12-21)10-17-7-9-25-13-17/h5-6,11,16-17H,3-4,7-10,12-13H2,1-2H3,(H,20,22). The van der Waals surface area contributed by atoms with E-state index in [1.807, 2.05) is 6.92 Å². The molecular weight excluding hydrogens is 352 g/mol. The second-order valence-corrected chi connectivity index (χ2v) is 9.43. The van der Waals surface area contributed by atoms with Gasteiger partial charge < -0.3 is 10.1 Å². The third-order valence-electron chi connectivity index (χ3n) is 5.33. The topological polar surface area (TPSA) is 75.7 Å². The summed E-state index contributed by atoms with van der Waals surface area (Å²) in [6.45, 7) is 6.03. The molecule has 0 spiro atoms. The first-order valence-corrected chi connectivity index (χ1v) is 10.8. The molecule has 7 heteroatoms. The maximum Gasteiger partial charge on any atom is 0.243 e. The molecule has 0 saturated carbocycles. The lowest BCUT2D eigenvalue weighted by molar-refractivity contribution is -0.114. The van der Waals surface area contributed by atoms with Crippen LogP contribution in [0.25, 0.3) is 0 Å². The Labute approximate surface area is 156 Å². The first-order valence-electron chi connectivity index (χ1n) is 9.32. The predicted octanol–water partition coefficient (Wildman–Crippen LogP) is 2.78. The average molecular weight is 381 g/mol. The number of hydrogen-bond acceptors (Lipinski definition) is 4. The number of benzene rings is 1. The fourth-order valence-electron chi connectivity index (χ4n) is 3.91. The lowest BCUT2D eigenvalue weighted by Gasteiger charge is -2.33. The zero-order valence-electron chi connectivity index (χ0n) is 15.5. The fraction of sp³-hybridized carbons (Fsp3) is 0.632. The molecule has 1 aromatic carbocycles. The van der Waals surface area contributed by atoms with Gasteiger partial charge in [-0.2, -0.15) is 4.31 Å². The number of nitrogens with one attached hydrogen (secondary N) is 1. The number of carbonyl (C=O) groups is 1. The Morgan fingerprint density at radius 3 is 2.81 bits per heavy atom. The molecule has 1 N–H and O–H groups in total. The number of ether oxygens (including phenoxy) is 1. The Kier molecular flexibility index (Phi) is 5.99. The largest absolute Gasteiger partial charge is 0.381 e. The van der Waals surface area contributed by atoms with Crippen LogP contribution in [0.15, 0.2) is 23.1 Å². The van der Waals surface area contributed by atoms with Gasteiger partial charge in [0.25, 0.3) is 0 Å². The molecule has 0 aromatic heterocycles. The van der Waals surface area contributed by atoms with Crippen LogP contribution in [-0.2, 0) is 19.6 Å². The van der Waals surface area contributed by atoms with Crippen molar-refractivity contribution >= 4 is 21.6 Å². The number of aryl methyl sites for hydroxylation is 1. The van der Waals surface area contributed by atoms with Crippen molar-refractivity contribution in [2.75, 3.05) is 31.6 Å². The van der Waals surface area contributed by atoms with Crippen molar-refractivity contribution in [3.63, 3.8) is 0 Å². The van der Waals surface area contributed by atoms with Crippen molar-refractivity contribution in [3.05, 3.63) is 23.8 Å². The number of sulfonamides is 1. The number of nitrogens with zero attached hydrogens (tertiary/aromatic N) is 1. The molecule has 3 rings (SSSR count). The first kappa shape index (κ1) is 19.3. The molecule has 2 aliphatic rings. The van der Waals surface area contributed by atoms with Crippen molar-refractivity contribution < 1.29 is 17.9 Å². The van der Waals surface area contributed by atoms with Gasteiger partial charge in [-0.3, -0.25) is 4.79 Å². The summed E-state index contributed by atoms with van der Waals surface area (Å²) in [4.78, 5) is 11.6. The second-order valence-electron chi connectivity index (χ2n) is 7.49. The third kappa shape index (κ3) is 4.45. The van der Waals surface area contributed by atoms with Crippen LogP contribution in [0, 0.1) is 18.8 Å². The second kappa shape index (κ2) is 8.06. The third-order valence-corrected chi connectivity index (χ3v) is 7.19. The minimum Gasteiger partial charge on any atom is -0.381 e. The summed E-state index contributed by atoms with van der Waals surface area (Å²) in [5, 5.41) is 2.71. The first-order chi connectivity index (χ1) is 12.4. The van der Waals surface area contributed by atoms with Crippen LogP contribution in [0.4, 0.5) is 5.69 Å². The molecule has 1 amide bonds. The van der Waals surface area contributed by atoms with Crippen molar-refractivity contribution in [2.45, 2.75) is 44.4 Å². The van der Waals surface area contributed by atoms with E-state index in [-0.39, 0.29) is 10.8 Å². The van der Waals surface area contributed by atoms with Gasteiger partial charge in [0, 0.05) is 38.9 Å². The molecule has 2 fully saturated rings. The van der Waals surface area contributed by atoms with E-state index in [0.717, 1.165) is 44.5 Å². The summed E-state index contributed by atoms with van der Waals surface area (Å²) in [7, 11) is -3.55. The number of piperidine rings is 1. The van der Waals surface area contributed by atoms with E-state index in [9.17, 15) is 13.2 Å². The number of hydrogen-bond donors (Lipinski definition) is 1. The Morgan fingerprint density at radius 2 is 2.12 bits per heavy atom. The maximum atomic E-state index is 13.1. The van der Waals surface area contributed by atoms with Crippen LogP contribution in [0.5, 0.6) is 0 Å². The van der Waals surface area contributed by atoms with E-state index < -0.39 is 10.0 Å². The monoisotopic (exact) mass is 380 g/mol. The minimum atomic E-state index is -3.55. The molecule has 2 heterocycles. The molecule has 2 atom stereocenters. The average Bonchev–Trinajstić information content (AvgIpc) is 3.09. The molecule has 2 unspecified atom stereocenters. The SMILES string of the molecule is CC(=O)Nc1cc(S(=O)(=O)N2CCCC(CC3CCOC3)C2)ccc1C. The maximum absolute atomic E-state index is 13.1. The molecule has 26 heavy (non-hydrogen) atoms. The van der Waals surface area contributed by atoms with Gasteiger partial charge in [-0.05, 0) is 62.1 Å². The fourth-order valence-corrected chi connectivity index (χ4v) is 5.49. The van der Waals surface area contributed by atoms with Crippen LogP contribution in [0.2, 0.25) is 0 Å². The van der Waals surface area contributed by atoms with Gasteiger partial charge >= 0.3 is 0 Å². The highest BCUT2D eigenvalue weighted by Gasteiger charge is 2.32. The predicted molar refractivity (Wildman–Crippen MR) is 101 cm³/mol. The van der Waals surface area contributed by atoms with Gasteiger partial charge in [0.05, 0.1) is 4.90 Å². The summed E-state index contributed by atoms with van der Waals surface area (Å²) in [5.41, 5.74) is 1.40. The Balaban J connectivity index is 1.75. The molecule has 0 radical (unpaired) electrons. The molecule has 1 aromatic rings. The number of rotatable bonds is 5. The molecule has 144 valence electrons.